The Bertz CT molecular complexity index is 1070. The first-order chi connectivity index (χ1) is 12.9. The second kappa shape index (κ2) is 7.91. The van der Waals surface area contributed by atoms with Gasteiger partial charge in [0.1, 0.15) is 10.8 Å². The normalized spacial score (nSPS) is 11.3. The maximum atomic E-state index is 14.0. The molecule has 0 radical (unpaired) electrons. The molecule has 140 valence electrons. The van der Waals surface area contributed by atoms with Crippen molar-refractivity contribution < 1.29 is 17.6 Å². The summed E-state index contributed by atoms with van der Waals surface area (Å²) in [6, 6.07) is 6.69. The lowest BCUT2D eigenvalue weighted by molar-refractivity contribution is 0.0946. The molecule has 0 unspecified atom stereocenters. The fraction of sp³-hybridized carbons (Fsp3) is 0.118. The van der Waals surface area contributed by atoms with Crippen molar-refractivity contribution in [3.05, 3.63) is 64.5 Å². The van der Waals surface area contributed by atoms with Crippen LogP contribution in [-0.2, 0) is 16.6 Å². The topological polar surface area (TPSA) is 101 Å². The van der Waals surface area contributed by atoms with E-state index in [4.69, 9.17) is 0 Å². The Balaban J connectivity index is 1.73. The van der Waals surface area contributed by atoms with E-state index in [0.717, 1.165) is 29.5 Å². The lowest BCUT2D eigenvalue weighted by atomic mass is 10.2. The van der Waals surface area contributed by atoms with Crippen LogP contribution in [-0.4, -0.2) is 31.3 Å². The van der Waals surface area contributed by atoms with Gasteiger partial charge < -0.3 is 5.32 Å². The van der Waals surface area contributed by atoms with Crippen molar-refractivity contribution in [1.29, 1.82) is 0 Å². The molecule has 0 saturated heterocycles. The number of nitrogens with zero attached hydrogens (tertiary/aromatic N) is 2. The summed E-state index contributed by atoms with van der Waals surface area (Å²) in [5.74, 6) is -1.53. The molecule has 0 aliphatic heterocycles. The van der Waals surface area contributed by atoms with Gasteiger partial charge in [-0.25, -0.2) is 22.5 Å². The largest absolute Gasteiger partial charge is 0.345 e. The number of sulfonamides is 1. The number of aromatic nitrogens is 2. The van der Waals surface area contributed by atoms with E-state index in [1.54, 1.807) is 12.4 Å². The van der Waals surface area contributed by atoms with E-state index in [9.17, 15) is 17.6 Å². The summed E-state index contributed by atoms with van der Waals surface area (Å²) >= 11 is 1.35. The van der Waals surface area contributed by atoms with Crippen LogP contribution in [0.25, 0.3) is 11.3 Å². The average molecular weight is 406 g/mol. The van der Waals surface area contributed by atoms with E-state index >= 15 is 0 Å². The lowest BCUT2D eigenvalue weighted by Gasteiger charge is -2.07. The Morgan fingerprint density at radius 2 is 1.96 bits per heavy atom. The van der Waals surface area contributed by atoms with Crippen LogP contribution in [0.4, 0.5) is 4.39 Å². The smallest absolute Gasteiger partial charge is 0.254 e. The van der Waals surface area contributed by atoms with Crippen molar-refractivity contribution in [2.45, 2.75) is 11.4 Å². The molecule has 3 aromatic rings. The minimum Gasteiger partial charge on any atom is -0.345 e. The van der Waals surface area contributed by atoms with Gasteiger partial charge in [0.15, 0.2) is 0 Å². The van der Waals surface area contributed by atoms with Gasteiger partial charge in [-0.2, -0.15) is 0 Å². The SMILES string of the molecule is CNS(=O)(=O)c1ccc(F)c(C(=O)NCc2nc(-c3ccncc3)cs2)c1. The Morgan fingerprint density at radius 1 is 1.22 bits per heavy atom. The summed E-state index contributed by atoms with van der Waals surface area (Å²) < 4.78 is 39.7. The van der Waals surface area contributed by atoms with Gasteiger partial charge in [-0.05, 0) is 37.4 Å². The summed E-state index contributed by atoms with van der Waals surface area (Å²) in [7, 11) is -2.54. The summed E-state index contributed by atoms with van der Waals surface area (Å²) in [6.45, 7) is 0.0943. The molecule has 1 aromatic carbocycles. The molecule has 10 heteroatoms. The van der Waals surface area contributed by atoms with Gasteiger partial charge >= 0.3 is 0 Å². The highest BCUT2D eigenvalue weighted by Crippen LogP contribution is 2.21. The summed E-state index contributed by atoms with van der Waals surface area (Å²) in [4.78, 5) is 20.5. The van der Waals surface area contributed by atoms with Crippen molar-refractivity contribution in [3.8, 4) is 11.3 Å². The van der Waals surface area contributed by atoms with Crippen LogP contribution in [0, 0.1) is 5.82 Å². The molecule has 7 nitrogen and oxygen atoms in total. The molecule has 3 rings (SSSR count). The van der Waals surface area contributed by atoms with Gasteiger partial charge in [0.25, 0.3) is 5.91 Å². The van der Waals surface area contributed by atoms with Gasteiger partial charge in [-0.15, -0.1) is 11.3 Å². The van der Waals surface area contributed by atoms with Crippen LogP contribution in [0.2, 0.25) is 0 Å². The van der Waals surface area contributed by atoms with Crippen molar-refractivity contribution in [2.24, 2.45) is 0 Å². The van der Waals surface area contributed by atoms with E-state index in [0.29, 0.717) is 5.01 Å². The van der Waals surface area contributed by atoms with Crippen LogP contribution in [0.15, 0.2) is 53.0 Å². The monoisotopic (exact) mass is 406 g/mol. The fourth-order valence-electron chi connectivity index (χ4n) is 2.26. The number of rotatable bonds is 6. The Morgan fingerprint density at radius 3 is 2.67 bits per heavy atom. The van der Waals surface area contributed by atoms with Gasteiger partial charge in [0.2, 0.25) is 10.0 Å². The summed E-state index contributed by atoms with van der Waals surface area (Å²) in [5.41, 5.74) is 1.30. The summed E-state index contributed by atoms with van der Waals surface area (Å²) in [5, 5.41) is 5.04. The molecule has 2 N–H and O–H groups in total. The Hall–Kier alpha value is -2.69. The van der Waals surface area contributed by atoms with Crippen molar-refractivity contribution >= 4 is 27.3 Å². The number of hydrogen-bond acceptors (Lipinski definition) is 6. The van der Waals surface area contributed by atoms with Crippen molar-refractivity contribution in [1.82, 2.24) is 20.0 Å². The Kier molecular flexibility index (Phi) is 5.59. The minimum absolute atomic E-state index is 0.0943. The lowest BCUT2D eigenvalue weighted by Crippen LogP contribution is -2.25. The highest BCUT2D eigenvalue weighted by atomic mass is 32.2. The third-order valence-electron chi connectivity index (χ3n) is 3.69. The molecular weight excluding hydrogens is 391 g/mol. The first-order valence-corrected chi connectivity index (χ1v) is 10.1. The van der Waals surface area contributed by atoms with E-state index in [1.165, 1.54) is 18.4 Å². The van der Waals surface area contributed by atoms with Crippen LogP contribution >= 0.6 is 11.3 Å². The van der Waals surface area contributed by atoms with Gasteiger partial charge in [0.05, 0.1) is 22.7 Å². The third-order valence-corrected chi connectivity index (χ3v) is 5.95. The molecule has 0 aliphatic rings. The van der Waals surface area contributed by atoms with Crippen LogP contribution < -0.4 is 10.0 Å². The predicted octanol–water partition coefficient (Wildman–Crippen LogP) is 2.18. The van der Waals surface area contributed by atoms with Crippen LogP contribution in [0.3, 0.4) is 0 Å². The van der Waals surface area contributed by atoms with Gasteiger partial charge in [-0.1, -0.05) is 0 Å². The molecule has 0 spiro atoms. The number of carbonyl (C=O) groups excluding carboxylic acids is 1. The average Bonchev–Trinajstić information content (AvgIpc) is 3.16. The molecule has 2 aromatic heterocycles. The van der Waals surface area contributed by atoms with E-state index < -0.39 is 21.7 Å². The molecule has 0 saturated carbocycles. The van der Waals surface area contributed by atoms with Gasteiger partial charge in [-0.3, -0.25) is 9.78 Å². The standard InChI is InChI=1S/C17H15FN4O3S2/c1-19-27(24,25)12-2-3-14(18)13(8-12)17(23)21-9-16-22-15(10-26-16)11-4-6-20-7-5-11/h2-8,10,19H,9H2,1H3,(H,21,23). The number of amides is 1. The molecule has 0 bridgehead atoms. The number of carbonyl (C=O) groups is 1. The first kappa shape index (κ1) is 19.1. The zero-order valence-electron chi connectivity index (χ0n) is 14.1. The number of nitrogens with one attached hydrogen (secondary N) is 2. The van der Waals surface area contributed by atoms with E-state index in [1.807, 2.05) is 17.5 Å². The van der Waals surface area contributed by atoms with Crippen LogP contribution in [0.5, 0.6) is 0 Å². The maximum Gasteiger partial charge on any atom is 0.254 e. The third kappa shape index (κ3) is 4.35. The minimum atomic E-state index is -3.78. The quantitative estimate of drug-likeness (QED) is 0.653. The number of hydrogen-bond donors (Lipinski definition) is 2. The summed E-state index contributed by atoms with van der Waals surface area (Å²) in [6.07, 6.45) is 3.32. The molecule has 0 atom stereocenters. The molecule has 1 amide bonds. The van der Waals surface area contributed by atoms with Crippen molar-refractivity contribution in [3.63, 3.8) is 0 Å². The number of thiazole rings is 1. The molecule has 0 fully saturated rings. The van der Waals surface area contributed by atoms with Crippen molar-refractivity contribution in [2.75, 3.05) is 7.05 Å². The zero-order valence-corrected chi connectivity index (χ0v) is 15.8. The number of benzene rings is 1. The van der Waals surface area contributed by atoms with Crippen LogP contribution in [0.1, 0.15) is 15.4 Å². The van der Waals surface area contributed by atoms with E-state index in [-0.39, 0.29) is 17.0 Å². The predicted molar refractivity (Wildman–Crippen MR) is 99.2 cm³/mol. The van der Waals surface area contributed by atoms with Gasteiger partial charge in [0, 0.05) is 23.3 Å². The molecule has 27 heavy (non-hydrogen) atoms. The molecule has 0 aliphatic carbocycles. The second-order valence-electron chi connectivity index (χ2n) is 5.39. The number of halogens is 1. The zero-order chi connectivity index (χ0) is 19.4. The molecular formula is C17H15FN4O3S2. The highest BCUT2D eigenvalue weighted by molar-refractivity contribution is 7.89. The molecule has 2 heterocycles. The Labute approximate surface area is 159 Å². The second-order valence-corrected chi connectivity index (χ2v) is 8.22. The van der Waals surface area contributed by atoms with E-state index in [2.05, 4.69) is 20.0 Å². The maximum absolute atomic E-state index is 14.0. The number of pyridine rings is 1. The highest BCUT2D eigenvalue weighted by Gasteiger charge is 2.18. The fourth-order valence-corrected chi connectivity index (χ4v) is 3.76. The first-order valence-electron chi connectivity index (χ1n) is 7.77.